The Labute approximate surface area is 190 Å². The van der Waals surface area contributed by atoms with E-state index in [1.807, 2.05) is 6.92 Å². The number of aryl methyl sites for hydroxylation is 1. The normalized spacial score (nSPS) is 20.6. The lowest BCUT2D eigenvalue weighted by molar-refractivity contribution is 0.134. The van der Waals surface area contributed by atoms with Crippen LogP contribution in [0.1, 0.15) is 32.6 Å². The van der Waals surface area contributed by atoms with E-state index in [4.69, 9.17) is 0 Å². The van der Waals surface area contributed by atoms with Gasteiger partial charge in [0.2, 0.25) is 0 Å². The molecule has 33 heavy (non-hydrogen) atoms. The van der Waals surface area contributed by atoms with Gasteiger partial charge in [0.05, 0.1) is 17.8 Å². The maximum Gasteiger partial charge on any atom is 0.348 e. The first kappa shape index (κ1) is 22.8. The molecule has 0 radical (unpaired) electrons. The minimum atomic E-state index is -0.935. The Bertz CT molecular complexity index is 1200. The zero-order valence-electron chi connectivity index (χ0n) is 18.7. The highest BCUT2D eigenvalue weighted by atomic mass is 19.1. The quantitative estimate of drug-likeness (QED) is 0.628. The zero-order chi connectivity index (χ0) is 23.7. The molecule has 3 aromatic rings. The largest absolute Gasteiger partial charge is 0.507 e. The topological polar surface area (TPSA) is 97.0 Å². The molecule has 1 fully saturated rings. The van der Waals surface area contributed by atoms with Gasteiger partial charge >= 0.3 is 5.69 Å². The second kappa shape index (κ2) is 9.21. The van der Waals surface area contributed by atoms with Crippen LogP contribution < -0.4 is 10.6 Å². The summed E-state index contributed by atoms with van der Waals surface area (Å²) in [5, 5.41) is 18.8. The van der Waals surface area contributed by atoms with E-state index in [1.54, 1.807) is 11.9 Å². The van der Waals surface area contributed by atoms with E-state index in [1.165, 1.54) is 31.4 Å². The molecule has 2 aromatic heterocycles. The van der Waals surface area contributed by atoms with Crippen LogP contribution in [-0.4, -0.2) is 49.1 Å². The number of rotatable bonds is 5. The summed E-state index contributed by atoms with van der Waals surface area (Å²) >= 11 is 0. The Morgan fingerprint density at radius 2 is 2.06 bits per heavy atom. The van der Waals surface area contributed by atoms with E-state index in [0.29, 0.717) is 5.82 Å². The Morgan fingerprint density at radius 1 is 1.27 bits per heavy atom. The number of aromatic hydroxyl groups is 1. The predicted molar refractivity (Wildman–Crippen MR) is 120 cm³/mol. The fourth-order valence-corrected chi connectivity index (χ4v) is 4.37. The van der Waals surface area contributed by atoms with Gasteiger partial charge in [-0.05, 0) is 30.9 Å². The van der Waals surface area contributed by atoms with E-state index in [0.717, 1.165) is 36.4 Å². The minimum absolute atomic E-state index is 0.0472. The Hall–Kier alpha value is -3.43. The summed E-state index contributed by atoms with van der Waals surface area (Å²) < 4.78 is 30.2. The maximum atomic E-state index is 14.9. The highest BCUT2D eigenvalue weighted by Crippen LogP contribution is 2.34. The molecule has 0 unspecified atom stereocenters. The molecule has 1 aliphatic carbocycles. The third-order valence-corrected chi connectivity index (χ3v) is 6.38. The van der Waals surface area contributed by atoms with Crippen molar-refractivity contribution in [2.75, 3.05) is 11.9 Å². The summed E-state index contributed by atoms with van der Waals surface area (Å²) in [6, 6.07) is 4.04. The van der Waals surface area contributed by atoms with Gasteiger partial charge in [0.25, 0.3) is 0 Å². The third kappa shape index (κ3) is 4.42. The number of hydrogen-bond donors (Lipinski definition) is 1. The van der Waals surface area contributed by atoms with Crippen molar-refractivity contribution in [2.24, 2.45) is 13.0 Å². The predicted octanol–water partition coefficient (Wildman–Crippen LogP) is 3.50. The summed E-state index contributed by atoms with van der Waals surface area (Å²) in [6.07, 6.45) is 5.02. The van der Waals surface area contributed by atoms with Crippen LogP contribution in [0, 0.1) is 11.7 Å². The maximum absolute atomic E-state index is 14.9. The molecule has 1 saturated carbocycles. The standard InChI is InChI=1S/C23H26F2N6O2/c1-4-13-6-5-7-17(20(13)25)31(3)19-11-26-22(29-28-19)15-9-8-14(10-18(15)32)21-16(24)12-30(2)23(33)27-21/h8-13,17,20,32H,4-7H2,1-3H3/t13-,17+,20-/m1/s1. The summed E-state index contributed by atoms with van der Waals surface area (Å²) in [5.74, 6) is -0.231. The zero-order valence-corrected chi connectivity index (χ0v) is 18.7. The first-order valence-electron chi connectivity index (χ1n) is 10.9. The smallest absolute Gasteiger partial charge is 0.348 e. The van der Waals surface area contributed by atoms with Crippen LogP contribution in [0.25, 0.3) is 22.6 Å². The molecule has 1 aliphatic rings. The molecular weight excluding hydrogens is 430 g/mol. The van der Waals surface area contributed by atoms with Crippen LogP contribution in [0.2, 0.25) is 0 Å². The van der Waals surface area contributed by atoms with Crippen LogP contribution in [0.15, 0.2) is 35.4 Å². The highest BCUT2D eigenvalue weighted by Gasteiger charge is 2.35. The molecule has 8 nitrogen and oxygen atoms in total. The molecule has 0 spiro atoms. The Kier molecular flexibility index (Phi) is 6.35. The molecular formula is C23H26F2N6O2. The summed E-state index contributed by atoms with van der Waals surface area (Å²) in [5.41, 5.74) is -0.236. The molecule has 4 rings (SSSR count). The first-order valence-corrected chi connectivity index (χ1v) is 10.9. The second-order valence-corrected chi connectivity index (χ2v) is 8.42. The molecule has 1 N–H and O–H groups in total. The number of alkyl halides is 1. The van der Waals surface area contributed by atoms with E-state index in [9.17, 15) is 18.7 Å². The van der Waals surface area contributed by atoms with Gasteiger partial charge in [-0.15, -0.1) is 10.2 Å². The third-order valence-electron chi connectivity index (χ3n) is 6.38. The number of benzene rings is 1. The number of nitrogens with zero attached hydrogens (tertiary/aromatic N) is 6. The lowest BCUT2D eigenvalue weighted by Gasteiger charge is -2.38. The molecule has 10 heteroatoms. The van der Waals surface area contributed by atoms with Gasteiger partial charge in [-0.25, -0.2) is 18.6 Å². The Balaban J connectivity index is 1.57. The van der Waals surface area contributed by atoms with Crippen LogP contribution in [0.4, 0.5) is 14.6 Å². The SMILES string of the molecule is CC[C@@H]1CCC[C@H](N(C)c2cnc(-c3ccc(-c4nc(=O)n(C)cc4F)cc3O)nn2)[C@@H]1F. The van der Waals surface area contributed by atoms with Gasteiger partial charge in [0, 0.05) is 25.9 Å². The molecule has 3 atom stereocenters. The second-order valence-electron chi connectivity index (χ2n) is 8.42. The van der Waals surface area contributed by atoms with Crippen molar-refractivity contribution < 1.29 is 13.9 Å². The van der Waals surface area contributed by atoms with Crippen LogP contribution in [0.5, 0.6) is 5.75 Å². The summed E-state index contributed by atoms with van der Waals surface area (Å²) in [7, 11) is 3.19. The van der Waals surface area contributed by atoms with Crippen molar-refractivity contribution in [3.05, 3.63) is 46.9 Å². The number of anilines is 1. The van der Waals surface area contributed by atoms with Gasteiger partial charge in [-0.3, -0.25) is 4.57 Å². The van der Waals surface area contributed by atoms with Crippen molar-refractivity contribution in [1.29, 1.82) is 0 Å². The van der Waals surface area contributed by atoms with E-state index < -0.39 is 17.7 Å². The molecule has 1 aromatic carbocycles. The van der Waals surface area contributed by atoms with Crippen LogP contribution >= 0.6 is 0 Å². The molecule has 2 heterocycles. The molecule has 174 valence electrons. The van der Waals surface area contributed by atoms with Crippen LogP contribution in [0.3, 0.4) is 0 Å². The van der Waals surface area contributed by atoms with Crippen molar-refractivity contribution in [2.45, 2.75) is 44.8 Å². The van der Waals surface area contributed by atoms with Gasteiger partial charge in [-0.1, -0.05) is 25.8 Å². The van der Waals surface area contributed by atoms with Crippen molar-refractivity contribution in [3.8, 4) is 28.4 Å². The molecule has 0 aliphatic heterocycles. The molecule has 0 saturated heterocycles. The van der Waals surface area contributed by atoms with Gasteiger partial charge < -0.3 is 10.0 Å². The lowest BCUT2D eigenvalue weighted by atomic mass is 9.82. The highest BCUT2D eigenvalue weighted by molar-refractivity contribution is 5.71. The molecule has 0 amide bonds. The van der Waals surface area contributed by atoms with Gasteiger partial charge in [0.15, 0.2) is 17.5 Å². The first-order chi connectivity index (χ1) is 15.8. The number of halogens is 2. The minimum Gasteiger partial charge on any atom is -0.507 e. The van der Waals surface area contributed by atoms with E-state index in [-0.39, 0.29) is 40.4 Å². The number of phenolic OH excluding ortho intramolecular Hbond substituents is 1. The van der Waals surface area contributed by atoms with Crippen molar-refractivity contribution in [1.82, 2.24) is 24.7 Å². The number of aromatic nitrogens is 5. The fourth-order valence-electron chi connectivity index (χ4n) is 4.37. The number of phenols is 1. The van der Waals surface area contributed by atoms with Crippen molar-refractivity contribution in [3.63, 3.8) is 0 Å². The van der Waals surface area contributed by atoms with E-state index in [2.05, 4.69) is 20.2 Å². The van der Waals surface area contributed by atoms with Gasteiger partial charge in [-0.2, -0.15) is 4.98 Å². The summed E-state index contributed by atoms with van der Waals surface area (Å²) in [4.78, 5) is 21.6. The van der Waals surface area contributed by atoms with E-state index >= 15 is 0 Å². The lowest BCUT2D eigenvalue weighted by Crippen LogP contribution is -2.45. The van der Waals surface area contributed by atoms with Crippen molar-refractivity contribution >= 4 is 5.82 Å². The van der Waals surface area contributed by atoms with Gasteiger partial charge in [0.1, 0.15) is 17.6 Å². The fraction of sp³-hybridized carbons (Fsp3) is 0.435. The monoisotopic (exact) mass is 456 g/mol. The van der Waals surface area contributed by atoms with Crippen LogP contribution in [-0.2, 0) is 7.05 Å². The Morgan fingerprint density at radius 3 is 2.73 bits per heavy atom. The average Bonchev–Trinajstić information content (AvgIpc) is 2.81. The molecule has 0 bridgehead atoms. The average molecular weight is 456 g/mol. The number of hydrogen-bond acceptors (Lipinski definition) is 7. The summed E-state index contributed by atoms with van der Waals surface area (Å²) in [6.45, 7) is 2.01.